The molecule has 2 nitrogen and oxygen atoms in total. The van der Waals surface area contributed by atoms with E-state index in [2.05, 4.69) is 12.6 Å². The number of hydrogen-bond donors (Lipinski definition) is 1. The van der Waals surface area contributed by atoms with Crippen LogP contribution in [0.2, 0.25) is 0 Å². The second-order valence-electron chi connectivity index (χ2n) is 4.87. The zero-order valence-electron chi connectivity index (χ0n) is 10.5. The average Bonchev–Trinajstić information content (AvgIpc) is 2.41. The molecule has 4 heteroatoms. The fourth-order valence-electron chi connectivity index (χ4n) is 2.50. The second kappa shape index (κ2) is 5.74. The lowest BCUT2D eigenvalue weighted by molar-refractivity contribution is 0.0691. The van der Waals surface area contributed by atoms with E-state index in [0.29, 0.717) is 4.90 Å². The highest BCUT2D eigenvalue weighted by molar-refractivity contribution is 7.80. The third-order valence-corrected chi connectivity index (χ3v) is 3.90. The van der Waals surface area contributed by atoms with Crippen molar-refractivity contribution in [3.05, 3.63) is 29.6 Å². The van der Waals surface area contributed by atoms with Crippen LogP contribution in [0.15, 0.2) is 23.1 Å². The lowest BCUT2D eigenvalue weighted by Crippen LogP contribution is -2.38. The highest BCUT2D eigenvalue weighted by atomic mass is 32.1. The van der Waals surface area contributed by atoms with Gasteiger partial charge in [-0.15, -0.1) is 12.6 Å². The van der Waals surface area contributed by atoms with E-state index in [1.165, 1.54) is 18.6 Å². The first-order chi connectivity index (χ1) is 8.59. The van der Waals surface area contributed by atoms with Gasteiger partial charge >= 0.3 is 0 Å². The van der Waals surface area contributed by atoms with Gasteiger partial charge in [0.05, 0.1) is 5.56 Å². The summed E-state index contributed by atoms with van der Waals surface area (Å²) in [6.45, 7) is 0. The van der Waals surface area contributed by atoms with Gasteiger partial charge in [0.15, 0.2) is 0 Å². The lowest BCUT2D eigenvalue weighted by atomic mass is 9.94. The number of hydrogen-bond acceptors (Lipinski definition) is 2. The van der Waals surface area contributed by atoms with Gasteiger partial charge in [-0.25, -0.2) is 4.39 Å². The van der Waals surface area contributed by atoms with Crippen LogP contribution in [-0.2, 0) is 0 Å². The smallest absolute Gasteiger partial charge is 0.256 e. The van der Waals surface area contributed by atoms with E-state index < -0.39 is 5.82 Å². The quantitative estimate of drug-likeness (QED) is 0.813. The maximum Gasteiger partial charge on any atom is 0.256 e. The third-order valence-electron chi connectivity index (χ3n) is 3.62. The van der Waals surface area contributed by atoms with Crippen molar-refractivity contribution in [3.8, 4) is 0 Å². The van der Waals surface area contributed by atoms with Crippen molar-refractivity contribution < 1.29 is 9.18 Å². The van der Waals surface area contributed by atoms with Gasteiger partial charge in [0.25, 0.3) is 5.91 Å². The highest BCUT2D eigenvalue weighted by Crippen LogP contribution is 2.24. The molecular weight excluding hydrogens is 249 g/mol. The largest absolute Gasteiger partial charge is 0.339 e. The van der Waals surface area contributed by atoms with Crippen LogP contribution in [0.25, 0.3) is 0 Å². The Kier molecular flexibility index (Phi) is 4.27. The molecule has 1 fully saturated rings. The Morgan fingerprint density at radius 3 is 2.67 bits per heavy atom. The van der Waals surface area contributed by atoms with Crippen LogP contribution >= 0.6 is 12.6 Å². The van der Waals surface area contributed by atoms with E-state index in [4.69, 9.17) is 0 Å². The molecule has 1 aromatic carbocycles. The van der Waals surface area contributed by atoms with Gasteiger partial charge < -0.3 is 4.90 Å². The van der Waals surface area contributed by atoms with Gasteiger partial charge in [-0.3, -0.25) is 4.79 Å². The Bertz CT molecular complexity index is 443. The van der Waals surface area contributed by atoms with Crippen molar-refractivity contribution in [2.45, 2.75) is 43.0 Å². The van der Waals surface area contributed by atoms with Crippen LogP contribution in [0.5, 0.6) is 0 Å². The number of nitrogens with zero attached hydrogens (tertiary/aromatic N) is 1. The molecule has 1 amide bonds. The Labute approximate surface area is 113 Å². The molecule has 1 aromatic rings. The summed E-state index contributed by atoms with van der Waals surface area (Å²) in [6, 6.07) is 4.59. The Hall–Kier alpha value is -1.03. The predicted molar refractivity (Wildman–Crippen MR) is 72.6 cm³/mol. The summed E-state index contributed by atoms with van der Waals surface area (Å²) in [7, 11) is 1.77. The summed E-state index contributed by atoms with van der Waals surface area (Å²) >= 11 is 4.15. The number of carbonyl (C=O) groups excluding carboxylic acids is 1. The molecule has 0 radical (unpaired) electrons. The fourth-order valence-corrected chi connectivity index (χ4v) is 2.70. The molecule has 0 bridgehead atoms. The van der Waals surface area contributed by atoms with Crippen molar-refractivity contribution >= 4 is 18.5 Å². The van der Waals surface area contributed by atoms with E-state index in [1.54, 1.807) is 18.0 Å². The molecule has 1 saturated carbocycles. The molecule has 98 valence electrons. The van der Waals surface area contributed by atoms with E-state index >= 15 is 0 Å². The molecule has 2 rings (SSSR count). The minimum Gasteiger partial charge on any atom is -0.339 e. The van der Waals surface area contributed by atoms with E-state index in [-0.39, 0.29) is 17.5 Å². The summed E-state index contributed by atoms with van der Waals surface area (Å²) < 4.78 is 13.7. The number of benzene rings is 1. The van der Waals surface area contributed by atoms with Crippen molar-refractivity contribution in [2.75, 3.05) is 7.05 Å². The monoisotopic (exact) mass is 267 g/mol. The average molecular weight is 267 g/mol. The highest BCUT2D eigenvalue weighted by Gasteiger charge is 2.24. The zero-order valence-corrected chi connectivity index (χ0v) is 11.4. The minimum absolute atomic E-state index is 0.121. The molecule has 0 aromatic heterocycles. The van der Waals surface area contributed by atoms with E-state index in [1.807, 2.05) is 0 Å². The number of amides is 1. The molecule has 18 heavy (non-hydrogen) atoms. The lowest BCUT2D eigenvalue weighted by Gasteiger charge is -2.31. The number of carbonyl (C=O) groups is 1. The fraction of sp³-hybridized carbons (Fsp3) is 0.500. The summed E-state index contributed by atoms with van der Waals surface area (Å²) in [5.41, 5.74) is 0.121. The SMILES string of the molecule is CN(C(=O)c1cc(S)ccc1F)C1CCCCC1. The normalized spacial score (nSPS) is 16.6. The molecule has 1 aliphatic rings. The summed E-state index contributed by atoms with van der Waals surface area (Å²) in [4.78, 5) is 14.6. The number of halogens is 1. The maximum absolute atomic E-state index is 13.7. The number of rotatable bonds is 2. The zero-order chi connectivity index (χ0) is 13.1. The van der Waals surface area contributed by atoms with E-state index in [0.717, 1.165) is 25.7 Å². The topological polar surface area (TPSA) is 20.3 Å². The van der Waals surface area contributed by atoms with Crippen molar-refractivity contribution in [2.24, 2.45) is 0 Å². The van der Waals surface area contributed by atoms with Gasteiger partial charge in [-0.2, -0.15) is 0 Å². The van der Waals surface area contributed by atoms with Crippen molar-refractivity contribution in [3.63, 3.8) is 0 Å². The van der Waals surface area contributed by atoms with Crippen molar-refractivity contribution in [1.82, 2.24) is 4.90 Å². The molecule has 0 atom stereocenters. The predicted octanol–water partition coefficient (Wildman–Crippen LogP) is 3.52. The molecule has 0 spiro atoms. The first kappa shape index (κ1) is 13.4. The molecule has 1 aliphatic carbocycles. The third kappa shape index (κ3) is 2.86. The Morgan fingerprint density at radius 1 is 1.33 bits per heavy atom. The summed E-state index contributed by atoms with van der Waals surface area (Å²) in [6.07, 6.45) is 5.57. The minimum atomic E-state index is -0.472. The van der Waals surface area contributed by atoms with Crippen LogP contribution in [-0.4, -0.2) is 23.9 Å². The van der Waals surface area contributed by atoms with Crippen LogP contribution in [0.3, 0.4) is 0 Å². The van der Waals surface area contributed by atoms with Gasteiger partial charge in [0.1, 0.15) is 5.82 Å². The van der Waals surface area contributed by atoms with Crippen LogP contribution in [0.4, 0.5) is 4.39 Å². The molecule has 0 N–H and O–H groups in total. The van der Waals surface area contributed by atoms with Gasteiger partial charge in [0.2, 0.25) is 0 Å². The Morgan fingerprint density at radius 2 is 2.00 bits per heavy atom. The van der Waals surface area contributed by atoms with Gasteiger partial charge in [0, 0.05) is 18.0 Å². The molecule has 0 saturated heterocycles. The summed E-state index contributed by atoms with van der Waals surface area (Å²) in [5, 5.41) is 0. The Balaban J connectivity index is 2.16. The standard InChI is InChI=1S/C14H18FNOS/c1-16(10-5-3-2-4-6-10)14(17)12-9-11(18)7-8-13(12)15/h7-10,18H,2-6H2,1H3. The molecule has 0 aliphatic heterocycles. The maximum atomic E-state index is 13.7. The van der Waals surface area contributed by atoms with E-state index in [9.17, 15) is 9.18 Å². The van der Waals surface area contributed by atoms with Gasteiger partial charge in [-0.05, 0) is 31.0 Å². The summed E-state index contributed by atoms with van der Waals surface area (Å²) in [5.74, 6) is -0.712. The molecule has 0 unspecified atom stereocenters. The van der Waals surface area contributed by atoms with Crippen LogP contribution in [0, 0.1) is 5.82 Å². The van der Waals surface area contributed by atoms with Crippen LogP contribution in [0.1, 0.15) is 42.5 Å². The van der Waals surface area contributed by atoms with Crippen LogP contribution < -0.4 is 0 Å². The number of thiol groups is 1. The first-order valence-corrected chi connectivity index (χ1v) is 6.80. The first-order valence-electron chi connectivity index (χ1n) is 6.35. The molecule has 0 heterocycles. The van der Waals surface area contributed by atoms with Gasteiger partial charge in [-0.1, -0.05) is 19.3 Å². The molecular formula is C14H18FNOS. The van der Waals surface area contributed by atoms with Crippen molar-refractivity contribution in [1.29, 1.82) is 0 Å². The second-order valence-corrected chi connectivity index (χ2v) is 5.39.